The summed E-state index contributed by atoms with van der Waals surface area (Å²) in [7, 11) is -3.40. The van der Waals surface area contributed by atoms with Crippen LogP contribution in [0.2, 0.25) is 0 Å². The first-order valence-corrected chi connectivity index (χ1v) is 9.89. The molecule has 2 N–H and O–H groups in total. The van der Waals surface area contributed by atoms with Crippen LogP contribution in [0.15, 0.2) is 0 Å². The van der Waals surface area contributed by atoms with Gasteiger partial charge in [0.05, 0.1) is 19.8 Å². The monoisotopic (exact) mass is 368 g/mol. The fourth-order valence-electron chi connectivity index (χ4n) is 1.64. The summed E-state index contributed by atoms with van der Waals surface area (Å²) in [5, 5.41) is 5.91. The van der Waals surface area contributed by atoms with Gasteiger partial charge in [-0.1, -0.05) is 0 Å². The van der Waals surface area contributed by atoms with Crippen molar-refractivity contribution in [3.05, 3.63) is 0 Å². The number of amides is 1. The zero-order valence-electron chi connectivity index (χ0n) is 15.6. The molecule has 0 heterocycles. The smallest absolute Gasteiger partial charge is 0.444 e. The third kappa shape index (κ3) is 13.7. The molecule has 24 heavy (non-hydrogen) atoms. The van der Waals surface area contributed by atoms with Gasteiger partial charge in [0.2, 0.25) is 0 Å². The van der Waals surface area contributed by atoms with E-state index in [1.54, 1.807) is 13.8 Å². The summed E-state index contributed by atoms with van der Waals surface area (Å²) in [6, 6.07) is 0. The molecule has 0 aliphatic rings. The van der Waals surface area contributed by atoms with Crippen LogP contribution in [0.25, 0.3) is 0 Å². The Labute approximate surface area is 145 Å². The van der Waals surface area contributed by atoms with Crippen LogP contribution in [0.5, 0.6) is 0 Å². The van der Waals surface area contributed by atoms with Crippen molar-refractivity contribution in [3.8, 4) is 0 Å². The van der Waals surface area contributed by atoms with E-state index in [1.807, 2.05) is 20.8 Å². The second-order valence-corrected chi connectivity index (χ2v) is 7.67. The van der Waals surface area contributed by atoms with Crippen molar-refractivity contribution in [2.45, 2.75) is 53.1 Å². The highest BCUT2D eigenvalue weighted by atomic mass is 31.2. The SMILES string of the molecule is CCOP(=O)(OCC)OCCCNCCCNC(=O)OC(C)(C)C. The van der Waals surface area contributed by atoms with Crippen molar-refractivity contribution < 1.29 is 27.7 Å². The van der Waals surface area contributed by atoms with Crippen LogP contribution in [0.4, 0.5) is 4.79 Å². The molecule has 0 rings (SSSR count). The van der Waals surface area contributed by atoms with E-state index < -0.39 is 19.5 Å². The van der Waals surface area contributed by atoms with Crippen LogP contribution >= 0.6 is 7.82 Å². The quantitative estimate of drug-likeness (QED) is 0.381. The number of ether oxygens (including phenoxy) is 1. The van der Waals surface area contributed by atoms with Gasteiger partial charge in [0.25, 0.3) is 0 Å². The van der Waals surface area contributed by atoms with Gasteiger partial charge in [0, 0.05) is 6.54 Å². The fourth-order valence-corrected chi connectivity index (χ4v) is 2.85. The van der Waals surface area contributed by atoms with Crippen molar-refractivity contribution >= 4 is 13.9 Å². The number of phosphoric acid groups is 1. The molecule has 0 unspecified atom stereocenters. The van der Waals surface area contributed by atoms with Gasteiger partial charge in [-0.2, -0.15) is 0 Å². The van der Waals surface area contributed by atoms with E-state index in [-0.39, 0.29) is 13.2 Å². The van der Waals surface area contributed by atoms with E-state index in [1.165, 1.54) is 0 Å². The Morgan fingerprint density at radius 3 is 2.08 bits per heavy atom. The number of carbonyl (C=O) groups excluding carboxylic acids is 1. The van der Waals surface area contributed by atoms with E-state index in [2.05, 4.69) is 10.6 Å². The Hall–Kier alpha value is -0.660. The van der Waals surface area contributed by atoms with Gasteiger partial charge in [0.1, 0.15) is 5.60 Å². The van der Waals surface area contributed by atoms with Crippen molar-refractivity contribution in [2.24, 2.45) is 0 Å². The second-order valence-electron chi connectivity index (χ2n) is 6.00. The average Bonchev–Trinajstić information content (AvgIpc) is 2.44. The number of alkyl carbamates (subject to hydrolysis) is 1. The summed E-state index contributed by atoms with van der Waals surface area (Å²) < 4.78 is 32.4. The van der Waals surface area contributed by atoms with Gasteiger partial charge >= 0.3 is 13.9 Å². The van der Waals surface area contributed by atoms with Crippen LogP contribution in [0.3, 0.4) is 0 Å². The maximum Gasteiger partial charge on any atom is 0.474 e. The molecule has 0 aliphatic heterocycles. The van der Waals surface area contributed by atoms with E-state index in [4.69, 9.17) is 18.3 Å². The maximum absolute atomic E-state index is 12.0. The van der Waals surface area contributed by atoms with E-state index >= 15 is 0 Å². The number of carbonyl (C=O) groups is 1. The summed E-state index contributed by atoms with van der Waals surface area (Å²) in [5.41, 5.74) is -0.481. The Kier molecular flexibility index (Phi) is 12.3. The third-order valence-corrected chi connectivity index (χ3v) is 4.17. The predicted molar refractivity (Wildman–Crippen MR) is 93.2 cm³/mol. The minimum absolute atomic E-state index is 0.278. The molecule has 1 amide bonds. The lowest BCUT2D eigenvalue weighted by atomic mass is 10.2. The first kappa shape index (κ1) is 23.3. The first-order valence-electron chi connectivity index (χ1n) is 8.43. The molecule has 0 fully saturated rings. The second kappa shape index (κ2) is 12.7. The van der Waals surface area contributed by atoms with Gasteiger partial charge in [-0.3, -0.25) is 13.6 Å². The van der Waals surface area contributed by atoms with Crippen LogP contribution < -0.4 is 10.6 Å². The molecular weight excluding hydrogens is 335 g/mol. The van der Waals surface area contributed by atoms with Crippen molar-refractivity contribution in [3.63, 3.8) is 0 Å². The summed E-state index contributed by atoms with van der Waals surface area (Å²) in [4.78, 5) is 11.4. The molecule has 0 bridgehead atoms. The van der Waals surface area contributed by atoms with E-state index in [9.17, 15) is 9.36 Å². The Bertz CT molecular complexity index is 377. The van der Waals surface area contributed by atoms with E-state index in [0.29, 0.717) is 26.1 Å². The Morgan fingerprint density at radius 2 is 1.54 bits per heavy atom. The van der Waals surface area contributed by atoms with Gasteiger partial charge in [-0.05, 0) is 60.5 Å². The number of phosphoric ester groups is 1. The lowest BCUT2D eigenvalue weighted by Gasteiger charge is -2.19. The van der Waals surface area contributed by atoms with Crippen LogP contribution in [0.1, 0.15) is 47.5 Å². The van der Waals surface area contributed by atoms with Crippen molar-refractivity contribution in [1.29, 1.82) is 0 Å². The number of hydrogen-bond acceptors (Lipinski definition) is 7. The molecule has 0 aromatic carbocycles. The number of nitrogens with one attached hydrogen (secondary N) is 2. The minimum atomic E-state index is -3.40. The maximum atomic E-state index is 12.0. The molecule has 0 spiro atoms. The topological polar surface area (TPSA) is 95.1 Å². The summed E-state index contributed by atoms with van der Waals surface area (Å²) in [5.74, 6) is 0. The van der Waals surface area contributed by atoms with Crippen molar-refractivity contribution in [1.82, 2.24) is 10.6 Å². The minimum Gasteiger partial charge on any atom is -0.444 e. The molecule has 0 aromatic heterocycles. The molecule has 0 saturated heterocycles. The average molecular weight is 368 g/mol. The summed E-state index contributed by atoms with van der Waals surface area (Å²) in [6.07, 6.45) is 1.07. The zero-order valence-corrected chi connectivity index (χ0v) is 16.4. The molecule has 0 aromatic rings. The van der Waals surface area contributed by atoms with Gasteiger partial charge in [-0.25, -0.2) is 9.36 Å². The van der Waals surface area contributed by atoms with Crippen molar-refractivity contribution in [2.75, 3.05) is 39.5 Å². The standard InChI is InChI=1S/C15H33N2O6P/c1-6-20-24(19,21-7-2)22-13-9-11-16-10-8-12-17-14(18)23-15(3,4)5/h16H,6-13H2,1-5H3,(H,17,18). The molecule has 0 atom stereocenters. The number of rotatable bonds is 13. The lowest BCUT2D eigenvalue weighted by molar-refractivity contribution is 0.0527. The van der Waals surface area contributed by atoms with Crippen LogP contribution in [-0.4, -0.2) is 51.1 Å². The largest absolute Gasteiger partial charge is 0.474 e. The van der Waals surface area contributed by atoms with Crippen LogP contribution in [0, 0.1) is 0 Å². The molecule has 9 heteroatoms. The Morgan fingerprint density at radius 1 is 0.958 bits per heavy atom. The predicted octanol–water partition coefficient (Wildman–Crippen LogP) is 3.08. The zero-order chi connectivity index (χ0) is 18.5. The first-order chi connectivity index (χ1) is 11.2. The van der Waals surface area contributed by atoms with Gasteiger partial charge in [0.15, 0.2) is 0 Å². The molecular formula is C15H33N2O6P. The van der Waals surface area contributed by atoms with E-state index in [0.717, 1.165) is 13.0 Å². The lowest BCUT2D eigenvalue weighted by Crippen LogP contribution is -2.34. The van der Waals surface area contributed by atoms with Gasteiger partial charge < -0.3 is 15.4 Å². The highest BCUT2D eigenvalue weighted by Crippen LogP contribution is 2.49. The third-order valence-electron chi connectivity index (χ3n) is 2.52. The highest BCUT2D eigenvalue weighted by Gasteiger charge is 2.24. The molecule has 0 radical (unpaired) electrons. The molecule has 144 valence electrons. The van der Waals surface area contributed by atoms with Crippen LogP contribution in [-0.2, 0) is 22.9 Å². The molecule has 8 nitrogen and oxygen atoms in total. The highest BCUT2D eigenvalue weighted by molar-refractivity contribution is 7.48. The Balaban J connectivity index is 3.57. The molecule has 0 saturated carbocycles. The summed E-state index contributed by atoms with van der Waals surface area (Å²) >= 11 is 0. The summed E-state index contributed by atoms with van der Waals surface area (Å²) in [6.45, 7) is 11.8. The van der Waals surface area contributed by atoms with Gasteiger partial charge in [-0.15, -0.1) is 0 Å². The normalized spacial score (nSPS) is 12.2. The number of hydrogen-bond donors (Lipinski definition) is 2. The fraction of sp³-hybridized carbons (Fsp3) is 0.933. The molecule has 0 aliphatic carbocycles.